The SMILES string of the molecule is Cc1cccc(-c2ccc(/C=N/Nc3ccc([N+](=O)[O-])cc3[N+](=O)[O-])o2)c1. The quantitative estimate of drug-likeness (QED) is 0.388. The van der Waals surface area contributed by atoms with Gasteiger partial charge in [-0.15, -0.1) is 0 Å². The third kappa shape index (κ3) is 4.15. The number of aryl methyl sites for hydroxylation is 1. The summed E-state index contributed by atoms with van der Waals surface area (Å²) in [7, 11) is 0. The molecule has 0 saturated heterocycles. The van der Waals surface area contributed by atoms with Crippen LogP contribution in [0.4, 0.5) is 17.1 Å². The third-order valence-corrected chi connectivity index (χ3v) is 3.69. The number of hydrogen-bond donors (Lipinski definition) is 1. The lowest BCUT2D eigenvalue weighted by Gasteiger charge is -2.01. The van der Waals surface area contributed by atoms with E-state index in [9.17, 15) is 20.2 Å². The molecule has 0 atom stereocenters. The Balaban J connectivity index is 1.76. The molecule has 1 aromatic heterocycles. The molecule has 9 heteroatoms. The van der Waals surface area contributed by atoms with Gasteiger partial charge in [0.15, 0.2) is 0 Å². The molecule has 27 heavy (non-hydrogen) atoms. The molecule has 0 aliphatic rings. The minimum absolute atomic E-state index is 0.0345. The predicted octanol–water partition coefficient (Wildman–Crippen LogP) is 4.52. The number of benzene rings is 2. The number of nitro groups is 2. The van der Waals surface area contributed by atoms with Crippen LogP contribution in [0.2, 0.25) is 0 Å². The van der Waals surface area contributed by atoms with Gasteiger partial charge in [-0.1, -0.05) is 23.8 Å². The number of anilines is 1. The molecular formula is C18H14N4O5. The van der Waals surface area contributed by atoms with Gasteiger partial charge in [0.1, 0.15) is 17.2 Å². The zero-order valence-electron chi connectivity index (χ0n) is 14.2. The van der Waals surface area contributed by atoms with Crippen molar-refractivity contribution >= 4 is 23.3 Å². The minimum atomic E-state index is -0.715. The highest BCUT2D eigenvalue weighted by atomic mass is 16.6. The van der Waals surface area contributed by atoms with Crippen molar-refractivity contribution in [1.29, 1.82) is 0 Å². The first-order valence-electron chi connectivity index (χ1n) is 7.83. The first-order chi connectivity index (χ1) is 12.9. The van der Waals surface area contributed by atoms with E-state index < -0.39 is 15.5 Å². The number of non-ortho nitro benzene ring substituents is 1. The standard InChI is InChI=1S/C18H14N4O5/c1-12-3-2-4-13(9-12)18-8-6-15(27-18)11-19-20-16-7-5-14(21(23)24)10-17(16)22(25)26/h2-11,20H,1H3/b19-11+. The second kappa shape index (κ2) is 7.48. The van der Waals surface area contributed by atoms with Gasteiger partial charge < -0.3 is 4.42 Å². The molecule has 3 rings (SSSR count). The first kappa shape index (κ1) is 17.8. The fourth-order valence-corrected chi connectivity index (χ4v) is 2.42. The molecule has 1 N–H and O–H groups in total. The van der Waals surface area contributed by atoms with Crippen LogP contribution in [-0.4, -0.2) is 16.1 Å². The number of hydrogen-bond acceptors (Lipinski definition) is 7. The Kier molecular flexibility index (Phi) is 4.93. The molecule has 3 aromatic rings. The maximum Gasteiger partial charge on any atom is 0.301 e. The van der Waals surface area contributed by atoms with Crippen molar-refractivity contribution in [3.63, 3.8) is 0 Å². The zero-order valence-corrected chi connectivity index (χ0v) is 14.2. The van der Waals surface area contributed by atoms with Gasteiger partial charge in [-0.3, -0.25) is 25.7 Å². The van der Waals surface area contributed by atoms with Crippen molar-refractivity contribution in [2.24, 2.45) is 5.10 Å². The molecule has 9 nitrogen and oxygen atoms in total. The largest absolute Gasteiger partial charge is 0.455 e. The topological polar surface area (TPSA) is 124 Å². The van der Waals surface area contributed by atoms with Gasteiger partial charge in [0.25, 0.3) is 5.69 Å². The molecule has 1 heterocycles. The van der Waals surface area contributed by atoms with Crippen molar-refractivity contribution in [2.75, 3.05) is 5.43 Å². The summed E-state index contributed by atoms with van der Waals surface area (Å²) < 4.78 is 5.68. The van der Waals surface area contributed by atoms with Gasteiger partial charge in [-0.05, 0) is 31.2 Å². The van der Waals surface area contributed by atoms with Gasteiger partial charge in [-0.2, -0.15) is 5.10 Å². The van der Waals surface area contributed by atoms with Gasteiger partial charge in [0, 0.05) is 11.6 Å². The molecule has 0 saturated carbocycles. The van der Waals surface area contributed by atoms with Crippen LogP contribution in [0.1, 0.15) is 11.3 Å². The molecule has 2 aromatic carbocycles. The molecule has 0 amide bonds. The molecule has 136 valence electrons. The number of rotatable bonds is 6. The van der Waals surface area contributed by atoms with Crippen LogP contribution in [0.25, 0.3) is 11.3 Å². The lowest BCUT2D eigenvalue weighted by Crippen LogP contribution is -1.98. The van der Waals surface area contributed by atoms with Crippen LogP contribution in [-0.2, 0) is 0 Å². The van der Waals surface area contributed by atoms with E-state index in [0.29, 0.717) is 11.5 Å². The summed E-state index contributed by atoms with van der Waals surface area (Å²) in [5, 5.41) is 25.7. The number of nitrogens with zero attached hydrogens (tertiary/aromatic N) is 3. The summed E-state index contributed by atoms with van der Waals surface area (Å²) in [4.78, 5) is 20.4. The Hall–Kier alpha value is -4.01. The average molecular weight is 366 g/mol. The highest BCUT2D eigenvalue weighted by molar-refractivity contribution is 5.78. The van der Waals surface area contributed by atoms with E-state index in [1.165, 1.54) is 12.3 Å². The van der Waals surface area contributed by atoms with Crippen LogP contribution in [0.5, 0.6) is 0 Å². The van der Waals surface area contributed by atoms with Crippen LogP contribution >= 0.6 is 0 Å². The molecular weight excluding hydrogens is 352 g/mol. The van der Waals surface area contributed by atoms with E-state index in [1.54, 1.807) is 12.1 Å². The van der Waals surface area contributed by atoms with Gasteiger partial charge in [0.05, 0.1) is 22.1 Å². The minimum Gasteiger partial charge on any atom is -0.455 e. The number of furan rings is 1. The summed E-state index contributed by atoms with van der Waals surface area (Å²) in [6, 6.07) is 14.6. The molecule has 0 radical (unpaired) electrons. The lowest BCUT2D eigenvalue weighted by molar-refractivity contribution is -0.393. The average Bonchev–Trinajstić information content (AvgIpc) is 3.10. The Bertz CT molecular complexity index is 1040. The van der Waals surface area contributed by atoms with Crippen LogP contribution < -0.4 is 5.43 Å². The van der Waals surface area contributed by atoms with Crippen molar-refractivity contribution in [3.05, 3.63) is 86.1 Å². The summed E-state index contributed by atoms with van der Waals surface area (Å²) in [6.45, 7) is 1.98. The number of hydrazone groups is 1. The first-order valence-corrected chi connectivity index (χ1v) is 7.83. The highest BCUT2D eigenvalue weighted by Gasteiger charge is 2.19. The van der Waals surface area contributed by atoms with E-state index >= 15 is 0 Å². The fraction of sp³-hybridized carbons (Fsp3) is 0.0556. The van der Waals surface area contributed by atoms with Crippen molar-refractivity contribution in [3.8, 4) is 11.3 Å². The third-order valence-electron chi connectivity index (χ3n) is 3.69. The van der Waals surface area contributed by atoms with E-state index in [0.717, 1.165) is 23.3 Å². The lowest BCUT2D eigenvalue weighted by atomic mass is 10.1. The van der Waals surface area contributed by atoms with Gasteiger partial charge in [-0.25, -0.2) is 0 Å². The maximum atomic E-state index is 11.1. The normalized spacial score (nSPS) is 10.9. The van der Waals surface area contributed by atoms with Crippen molar-refractivity contribution in [1.82, 2.24) is 0 Å². The smallest absolute Gasteiger partial charge is 0.301 e. The number of nitro benzene ring substituents is 2. The van der Waals surface area contributed by atoms with E-state index in [2.05, 4.69) is 10.5 Å². The fourth-order valence-electron chi connectivity index (χ4n) is 2.42. The van der Waals surface area contributed by atoms with Gasteiger partial charge in [0.2, 0.25) is 0 Å². The molecule has 0 fully saturated rings. The molecule has 0 aliphatic heterocycles. The Morgan fingerprint density at radius 2 is 1.85 bits per heavy atom. The predicted molar refractivity (Wildman–Crippen MR) is 99.8 cm³/mol. The van der Waals surface area contributed by atoms with Crippen LogP contribution in [0.15, 0.2) is 64.1 Å². The van der Waals surface area contributed by atoms with E-state index in [-0.39, 0.29) is 11.4 Å². The maximum absolute atomic E-state index is 11.1. The summed E-state index contributed by atoms with van der Waals surface area (Å²) in [6.07, 6.45) is 1.37. The Morgan fingerprint density at radius 1 is 1.04 bits per heavy atom. The zero-order chi connectivity index (χ0) is 19.4. The summed E-state index contributed by atoms with van der Waals surface area (Å²) in [5.41, 5.74) is 3.76. The van der Waals surface area contributed by atoms with Crippen molar-refractivity contribution < 1.29 is 14.3 Å². The monoisotopic (exact) mass is 366 g/mol. The van der Waals surface area contributed by atoms with Gasteiger partial charge >= 0.3 is 5.69 Å². The molecule has 0 bridgehead atoms. The van der Waals surface area contributed by atoms with Crippen LogP contribution in [0.3, 0.4) is 0 Å². The van der Waals surface area contributed by atoms with Crippen LogP contribution in [0, 0.1) is 27.2 Å². The van der Waals surface area contributed by atoms with E-state index in [1.807, 2.05) is 31.2 Å². The molecule has 0 spiro atoms. The molecule has 0 unspecified atom stereocenters. The van der Waals surface area contributed by atoms with Crippen molar-refractivity contribution in [2.45, 2.75) is 6.92 Å². The highest BCUT2D eigenvalue weighted by Crippen LogP contribution is 2.29. The summed E-state index contributed by atoms with van der Waals surface area (Å²) >= 11 is 0. The molecule has 0 aliphatic carbocycles. The number of nitrogens with one attached hydrogen (secondary N) is 1. The Labute approximate surface area is 153 Å². The second-order valence-electron chi connectivity index (χ2n) is 5.66. The Morgan fingerprint density at radius 3 is 2.56 bits per heavy atom. The second-order valence-corrected chi connectivity index (χ2v) is 5.66. The van der Waals surface area contributed by atoms with E-state index in [4.69, 9.17) is 4.42 Å². The summed E-state index contributed by atoms with van der Waals surface area (Å²) in [5.74, 6) is 1.12.